The average molecular weight is 251 g/mol. The lowest BCUT2D eigenvalue weighted by Crippen LogP contribution is -2.47. The van der Waals surface area contributed by atoms with Crippen molar-refractivity contribution in [3.8, 4) is 0 Å². The van der Waals surface area contributed by atoms with Crippen LogP contribution in [-0.2, 0) is 4.79 Å². The van der Waals surface area contributed by atoms with Gasteiger partial charge in [0.15, 0.2) is 0 Å². The monoisotopic (exact) mass is 250 g/mol. The molecule has 2 heterocycles. The van der Waals surface area contributed by atoms with E-state index in [9.17, 15) is 4.79 Å². The van der Waals surface area contributed by atoms with Crippen LogP contribution in [0, 0.1) is 0 Å². The zero-order chi connectivity index (χ0) is 11.9. The number of carbonyl (C=O) groups excluding carboxylic acids is 1. The van der Waals surface area contributed by atoms with E-state index >= 15 is 0 Å². The molecule has 1 N–H and O–H groups in total. The van der Waals surface area contributed by atoms with Crippen LogP contribution in [0.3, 0.4) is 0 Å². The third-order valence-electron chi connectivity index (χ3n) is 3.80. The van der Waals surface area contributed by atoms with E-state index in [4.69, 9.17) is 11.6 Å². The Labute approximate surface area is 106 Å². The van der Waals surface area contributed by atoms with Gasteiger partial charge in [0.1, 0.15) is 5.54 Å². The highest BCUT2D eigenvalue weighted by Gasteiger charge is 2.48. The largest absolute Gasteiger partial charge is 0.309 e. The van der Waals surface area contributed by atoms with Crippen molar-refractivity contribution < 1.29 is 4.79 Å². The molecule has 4 heteroatoms. The van der Waals surface area contributed by atoms with Crippen LogP contribution in [0.1, 0.15) is 19.3 Å². The summed E-state index contributed by atoms with van der Waals surface area (Å²) < 4.78 is 0. The van der Waals surface area contributed by atoms with Gasteiger partial charge in [0.05, 0.1) is 10.7 Å². The van der Waals surface area contributed by atoms with Crippen LogP contribution in [0.5, 0.6) is 0 Å². The van der Waals surface area contributed by atoms with Gasteiger partial charge in [-0.1, -0.05) is 23.7 Å². The first kappa shape index (κ1) is 11.1. The van der Waals surface area contributed by atoms with Gasteiger partial charge in [-0.3, -0.25) is 4.79 Å². The van der Waals surface area contributed by atoms with E-state index in [0.29, 0.717) is 5.02 Å². The Morgan fingerprint density at radius 1 is 1.29 bits per heavy atom. The number of rotatable bonds is 1. The van der Waals surface area contributed by atoms with Gasteiger partial charge in [-0.05, 0) is 37.9 Å². The van der Waals surface area contributed by atoms with Crippen LogP contribution in [0.2, 0.25) is 5.02 Å². The average Bonchev–Trinajstić information content (AvgIpc) is 2.92. The molecule has 2 fully saturated rings. The molecule has 0 radical (unpaired) electrons. The topological polar surface area (TPSA) is 32.3 Å². The summed E-state index contributed by atoms with van der Waals surface area (Å²) in [4.78, 5) is 14.3. The van der Waals surface area contributed by atoms with Gasteiger partial charge in [-0.15, -0.1) is 0 Å². The fourth-order valence-electron chi connectivity index (χ4n) is 2.87. The Morgan fingerprint density at radius 3 is 2.82 bits per heavy atom. The summed E-state index contributed by atoms with van der Waals surface area (Å²) in [5.41, 5.74) is 0.531. The number of benzene rings is 1. The lowest BCUT2D eigenvalue weighted by molar-refractivity contribution is -0.122. The lowest BCUT2D eigenvalue weighted by atomic mass is 9.96. The molecule has 1 aromatic carbocycles. The molecule has 2 saturated heterocycles. The molecule has 0 bridgehead atoms. The van der Waals surface area contributed by atoms with E-state index in [0.717, 1.165) is 38.0 Å². The van der Waals surface area contributed by atoms with Crippen LogP contribution in [0.25, 0.3) is 0 Å². The first-order valence-corrected chi connectivity index (χ1v) is 6.42. The zero-order valence-corrected chi connectivity index (χ0v) is 10.3. The van der Waals surface area contributed by atoms with Gasteiger partial charge in [0, 0.05) is 6.54 Å². The Morgan fingerprint density at radius 2 is 2.12 bits per heavy atom. The molecule has 3 rings (SSSR count). The summed E-state index contributed by atoms with van der Waals surface area (Å²) in [6, 6.07) is 7.54. The van der Waals surface area contributed by atoms with Crippen molar-refractivity contribution in [2.24, 2.45) is 0 Å². The Bertz CT molecular complexity index is 454. The van der Waals surface area contributed by atoms with Crippen molar-refractivity contribution >= 4 is 23.2 Å². The van der Waals surface area contributed by atoms with Gasteiger partial charge in [-0.2, -0.15) is 0 Å². The zero-order valence-electron chi connectivity index (χ0n) is 9.58. The number of anilines is 1. The molecule has 1 amide bonds. The SMILES string of the molecule is O=C1N(c2ccccc2Cl)CCC12CCCN2. The summed E-state index contributed by atoms with van der Waals surface area (Å²) in [6.07, 6.45) is 2.92. The van der Waals surface area contributed by atoms with Gasteiger partial charge in [-0.25, -0.2) is 0 Å². The van der Waals surface area contributed by atoms with E-state index in [-0.39, 0.29) is 11.4 Å². The van der Waals surface area contributed by atoms with Gasteiger partial charge < -0.3 is 10.2 Å². The summed E-state index contributed by atoms with van der Waals surface area (Å²) in [6.45, 7) is 1.71. The second-order valence-electron chi connectivity index (χ2n) is 4.77. The highest BCUT2D eigenvalue weighted by molar-refractivity contribution is 6.34. The normalized spacial score (nSPS) is 28.3. The van der Waals surface area contributed by atoms with Crippen molar-refractivity contribution in [3.05, 3.63) is 29.3 Å². The molecule has 90 valence electrons. The summed E-state index contributed by atoms with van der Waals surface area (Å²) in [5, 5.41) is 4.02. The quantitative estimate of drug-likeness (QED) is 0.829. The number of amides is 1. The molecule has 1 unspecified atom stereocenters. The van der Waals surface area contributed by atoms with Crippen LogP contribution in [-0.4, -0.2) is 24.5 Å². The van der Waals surface area contributed by atoms with Crippen molar-refractivity contribution in [2.75, 3.05) is 18.0 Å². The number of hydrogen-bond donors (Lipinski definition) is 1. The van der Waals surface area contributed by atoms with Crippen LogP contribution in [0.4, 0.5) is 5.69 Å². The smallest absolute Gasteiger partial charge is 0.247 e. The minimum atomic E-state index is -0.306. The number of nitrogens with zero attached hydrogens (tertiary/aromatic N) is 1. The van der Waals surface area contributed by atoms with Gasteiger partial charge >= 0.3 is 0 Å². The second kappa shape index (κ2) is 4.00. The van der Waals surface area contributed by atoms with Crippen LogP contribution in [0.15, 0.2) is 24.3 Å². The second-order valence-corrected chi connectivity index (χ2v) is 5.18. The molecular weight excluding hydrogens is 236 g/mol. The first-order chi connectivity index (χ1) is 8.23. The maximum Gasteiger partial charge on any atom is 0.247 e. The van der Waals surface area contributed by atoms with Crippen molar-refractivity contribution in [2.45, 2.75) is 24.8 Å². The Kier molecular flexibility index (Phi) is 2.60. The third-order valence-corrected chi connectivity index (χ3v) is 4.12. The maximum atomic E-state index is 12.5. The minimum absolute atomic E-state index is 0.183. The van der Waals surface area contributed by atoms with E-state index in [1.165, 1.54) is 0 Å². The van der Waals surface area contributed by atoms with Gasteiger partial charge in [0.2, 0.25) is 5.91 Å². The van der Waals surface area contributed by atoms with E-state index < -0.39 is 0 Å². The predicted molar refractivity (Wildman–Crippen MR) is 68.4 cm³/mol. The molecule has 1 atom stereocenters. The number of hydrogen-bond acceptors (Lipinski definition) is 2. The summed E-state index contributed by atoms with van der Waals surface area (Å²) in [7, 11) is 0. The number of para-hydroxylation sites is 1. The molecular formula is C13H15ClN2O. The summed E-state index contributed by atoms with van der Waals surface area (Å²) >= 11 is 6.15. The molecule has 2 aliphatic rings. The maximum absolute atomic E-state index is 12.5. The van der Waals surface area contributed by atoms with E-state index in [1.54, 1.807) is 0 Å². The molecule has 0 saturated carbocycles. The van der Waals surface area contributed by atoms with Crippen molar-refractivity contribution in [1.82, 2.24) is 5.32 Å². The minimum Gasteiger partial charge on any atom is -0.309 e. The highest BCUT2D eigenvalue weighted by atomic mass is 35.5. The number of carbonyl (C=O) groups is 1. The van der Waals surface area contributed by atoms with E-state index in [1.807, 2.05) is 29.2 Å². The molecule has 2 aliphatic heterocycles. The highest BCUT2D eigenvalue weighted by Crippen LogP contribution is 2.36. The lowest BCUT2D eigenvalue weighted by Gasteiger charge is -2.23. The Hall–Kier alpha value is -1.06. The summed E-state index contributed by atoms with van der Waals surface area (Å²) in [5.74, 6) is 0.183. The number of nitrogens with one attached hydrogen (secondary N) is 1. The van der Waals surface area contributed by atoms with Crippen LogP contribution >= 0.6 is 11.6 Å². The van der Waals surface area contributed by atoms with E-state index in [2.05, 4.69) is 5.32 Å². The molecule has 0 aromatic heterocycles. The third kappa shape index (κ3) is 1.65. The molecule has 3 nitrogen and oxygen atoms in total. The van der Waals surface area contributed by atoms with Crippen molar-refractivity contribution in [1.29, 1.82) is 0 Å². The molecule has 1 aromatic rings. The number of halogens is 1. The fraction of sp³-hybridized carbons (Fsp3) is 0.462. The molecule has 0 aliphatic carbocycles. The predicted octanol–water partition coefficient (Wildman–Crippen LogP) is 2.20. The molecule has 17 heavy (non-hydrogen) atoms. The van der Waals surface area contributed by atoms with Crippen molar-refractivity contribution in [3.63, 3.8) is 0 Å². The Balaban J connectivity index is 1.92. The first-order valence-electron chi connectivity index (χ1n) is 6.04. The standard InChI is InChI=1S/C13H15ClN2O/c14-10-4-1-2-5-11(10)16-9-7-13(12(16)17)6-3-8-15-13/h1-2,4-5,15H,3,6-9H2. The molecule has 1 spiro atoms. The fourth-order valence-corrected chi connectivity index (χ4v) is 3.11. The van der Waals surface area contributed by atoms with Gasteiger partial charge in [0.25, 0.3) is 0 Å². The van der Waals surface area contributed by atoms with Crippen LogP contribution < -0.4 is 10.2 Å².